The Bertz CT molecular complexity index is 384. The van der Waals surface area contributed by atoms with Crippen LogP contribution < -0.4 is 0 Å². The highest BCUT2D eigenvalue weighted by molar-refractivity contribution is 5.81. The van der Waals surface area contributed by atoms with E-state index in [-0.39, 0.29) is 17.2 Å². The van der Waals surface area contributed by atoms with Crippen LogP contribution in [0.1, 0.15) is 53.4 Å². The highest BCUT2D eigenvalue weighted by atomic mass is 16.2. The Morgan fingerprint density at radius 2 is 1.19 bits per heavy atom. The van der Waals surface area contributed by atoms with E-state index >= 15 is 0 Å². The zero-order chi connectivity index (χ0) is 15.6. The minimum atomic E-state index is -0.264. The molecule has 2 amide bonds. The Morgan fingerprint density at radius 3 is 1.52 bits per heavy atom. The number of nitrogens with zero attached hydrogens (tertiary/aromatic N) is 2. The molecule has 2 fully saturated rings. The van der Waals surface area contributed by atoms with E-state index in [0.717, 1.165) is 63.7 Å². The lowest BCUT2D eigenvalue weighted by molar-refractivity contribution is -0.141. The number of carbonyl (C=O) groups is 2. The van der Waals surface area contributed by atoms with E-state index in [1.807, 2.05) is 30.6 Å². The van der Waals surface area contributed by atoms with Crippen molar-refractivity contribution in [2.24, 2.45) is 17.3 Å². The predicted molar refractivity (Wildman–Crippen MR) is 83.7 cm³/mol. The van der Waals surface area contributed by atoms with Crippen LogP contribution in [-0.4, -0.2) is 47.8 Å². The molecule has 4 heteroatoms. The lowest BCUT2D eigenvalue weighted by atomic mass is 9.78. The molecule has 2 heterocycles. The van der Waals surface area contributed by atoms with Gasteiger partial charge in [-0.05, 0) is 37.5 Å². The van der Waals surface area contributed by atoms with Crippen molar-refractivity contribution in [2.45, 2.75) is 53.4 Å². The molecular formula is C17H30N2O2. The second-order valence-electron chi connectivity index (χ2n) is 7.72. The first-order chi connectivity index (χ1) is 9.79. The van der Waals surface area contributed by atoms with Crippen molar-refractivity contribution < 1.29 is 9.59 Å². The van der Waals surface area contributed by atoms with Gasteiger partial charge in [0.05, 0.1) is 0 Å². The highest BCUT2D eigenvalue weighted by Gasteiger charge is 2.34. The van der Waals surface area contributed by atoms with Crippen LogP contribution in [-0.2, 0) is 9.59 Å². The molecule has 2 saturated heterocycles. The Kier molecular flexibility index (Phi) is 4.95. The normalized spacial score (nSPS) is 22.5. The van der Waals surface area contributed by atoms with E-state index in [9.17, 15) is 9.59 Å². The molecule has 0 spiro atoms. The highest BCUT2D eigenvalue weighted by Crippen LogP contribution is 2.33. The van der Waals surface area contributed by atoms with E-state index in [0.29, 0.717) is 0 Å². The number of likely N-dealkylation sites (tertiary alicyclic amines) is 2. The van der Waals surface area contributed by atoms with Crippen LogP contribution in [0.15, 0.2) is 0 Å². The average molecular weight is 294 g/mol. The van der Waals surface area contributed by atoms with Crippen molar-refractivity contribution in [3.63, 3.8) is 0 Å². The molecule has 21 heavy (non-hydrogen) atoms. The molecule has 0 aromatic rings. The van der Waals surface area contributed by atoms with Crippen LogP contribution in [0.2, 0.25) is 0 Å². The third-order valence-corrected chi connectivity index (χ3v) is 5.12. The minimum absolute atomic E-state index is 0.207. The maximum atomic E-state index is 12.3. The Hall–Kier alpha value is -1.06. The topological polar surface area (TPSA) is 40.6 Å². The van der Waals surface area contributed by atoms with Crippen molar-refractivity contribution >= 4 is 11.8 Å². The number of amides is 2. The fourth-order valence-corrected chi connectivity index (χ4v) is 3.73. The van der Waals surface area contributed by atoms with Crippen LogP contribution >= 0.6 is 0 Å². The maximum absolute atomic E-state index is 12.3. The molecule has 120 valence electrons. The largest absolute Gasteiger partial charge is 0.343 e. The number of hydrogen-bond donors (Lipinski definition) is 0. The lowest BCUT2D eigenvalue weighted by Gasteiger charge is -2.41. The van der Waals surface area contributed by atoms with Gasteiger partial charge in [-0.25, -0.2) is 0 Å². The summed E-state index contributed by atoms with van der Waals surface area (Å²) in [6, 6.07) is 0. The van der Waals surface area contributed by atoms with Gasteiger partial charge >= 0.3 is 0 Å². The predicted octanol–water partition coefficient (Wildman–Crippen LogP) is 2.53. The van der Waals surface area contributed by atoms with E-state index in [2.05, 4.69) is 0 Å². The second-order valence-corrected chi connectivity index (χ2v) is 7.72. The van der Waals surface area contributed by atoms with Crippen molar-refractivity contribution in [1.82, 2.24) is 9.80 Å². The Morgan fingerprint density at radius 1 is 0.810 bits per heavy atom. The molecular weight excluding hydrogens is 264 g/mol. The van der Waals surface area contributed by atoms with Gasteiger partial charge < -0.3 is 9.80 Å². The van der Waals surface area contributed by atoms with Crippen molar-refractivity contribution in [1.29, 1.82) is 0 Å². The van der Waals surface area contributed by atoms with Crippen LogP contribution in [0, 0.1) is 17.3 Å². The smallest absolute Gasteiger partial charge is 0.227 e. The zero-order valence-electron chi connectivity index (χ0n) is 14.0. The van der Waals surface area contributed by atoms with Crippen LogP contribution in [0.3, 0.4) is 0 Å². The molecule has 0 saturated carbocycles. The summed E-state index contributed by atoms with van der Waals surface area (Å²) in [6.07, 6.45) is 4.54. The molecule has 4 nitrogen and oxygen atoms in total. The lowest BCUT2D eigenvalue weighted by Crippen LogP contribution is -2.46. The van der Waals surface area contributed by atoms with E-state index < -0.39 is 0 Å². The van der Waals surface area contributed by atoms with Crippen molar-refractivity contribution in [3.05, 3.63) is 0 Å². The van der Waals surface area contributed by atoms with Gasteiger partial charge in [-0.15, -0.1) is 0 Å². The molecule has 0 atom stereocenters. The molecule has 2 aliphatic rings. The van der Waals surface area contributed by atoms with E-state index in [1.165, 1.54) is 0 Å². The number of rotatable bonds is 1. The molecule has 0 bridgehead atoms. The fourth-order valence-electron chi connectivity index (χ4n) is 3.73. The average Bonchev–Trinajstić information content (AvgIpc) is 2.46. The summed E-state index contributed by atoms with van der Waals surface area (Å²) in [5.74, 6) is 1.97. The number of piperidine rings is 2. The zero-order valence-corrected chi connectivity index (χ0v) is 14.0. The maximum Gasteiger partial charge on any atom is 0.227 e. The molecule has 0 radical (unpaired) electrons. The van der Waals surface area contributed by atoms with E-state index in [4.69, 9.17) is 0 Å². The minimum Gasteiger partial charge on any atom is -0.343 e. The summed E-state index contributed by atoms with van der Waals surface area (Å²) in [7, 11) is 0. The first kappa shape index (κ1) is 16.3. The third-order valence-electron chi connectivity index (χ3n) is 5.12. The molecule has 2 rings (SSSR count). The molecule has 0 aromatic heterocycles. The monoisotopic (exact) mass is 294 g/mol. The van der Waals surface area contributed by atoms with Gasteiger partial charge in [0.25, 0.3) is 0 Å². The molecule has 2 aliphatic heterocycles. The van der Waals surface area contributed by atoms with Crippen LogP contribution in [0.25, 0.3) is 0 Å². The summed E-state index contributed by atoms with van der Waals surface area (Å²) in [5.41, 5.74) is -0.264. The van der Waals surface area contributed by atoms with Gasteiger partial charge in [-0.1, -0.05) is 20.8 Å². The van der Waals surface area contributed by atoms with Gasteiger partial charge in [0.1, 0.15) is 0 Å². The third kappa shape index (κ3) is 3.98. The summed E-state index contributed by atoms with van der Waals surface area (Å²) >= 11 is 0. The number of hydrogen-bond acceptors (Lipinski definition) is 2. The standard InChI is InChI=1S/C17H30N2O2/c1-13(20)18-9-5-14(6-10-18)15-7-11-19(12-8-15)16(21)17(2,3)4/h14-15H,5-12H2,1-4H3. The fraction of sp³-hybridized carbons (Fsp3) is 0.882. The molecule has 0 N–H and O–H groups in total. The summed E-state index contributed by atoms with van der Waals surface area (Å²) in [4.78, 5) is 27.7. The Labute approximate surface area is 128 Å². The van der Waals surface area contributed by atoms with Gasteiger partial charge in [0.15, 0.2) is 0 Å². The summed E-state index contributed by atoms with van der Waals surface area (Å²) < 4.78 is 0. The quantitative estimate of drug-likeness (QED) is 0.745. The first-order valence-corrected chi connectivity index (χ1v) is 8.34. The first-order valence-electron chi connectivity index (χ1n) is 8.34. The van der Waals surface area contributed by atoms with Gasteiger partial charge in [-0.3, -0.25) is 9.59 Å². The van der Waals surface area contributed by atoms with Gasteiger partial charge in [0, 0.05) is 38.5 Å². The van der Waals surface area contributed by atoms with Crippen LogP contribution in [0.5, 0.6) is 0 Å². The Balaban J connectivity index is 1.80. The van der Waals surface area contributed by atoms with E-state index in [1.54, 1.807) is 6.92 Å². The van der Waals surface area contributed by atoms with Gasteiger partial charge in [-0.2, -0.15) is 0 Å². The molecule has 0 aromatic carbocycles. The second kappa shape index (κ2) is 6.37. The van der Waals surface area contributed by atoms with Crippen LogP contribution in [0.4, 0.5) is 0 Å². The number of carbonyl (C=O) groups excluding carboxylic acids is 2. The molecule has 0 aliphatic carbocycles. The van der Waals surface area contributed by atoms with Gasteiger partial charge in [0.2, 0.25) is 11.8 Å². The van der Waals surface area contributed by atoms with Crippen molar-refractivity contribution in [2.75, 3.05) is 26.2 Å². The summed E-state index contributed by atoms with van der Waals surface area (Å²) in [5, 5.41) is 0. The SMILES string of the molecule is CC(=O)N1CCC(C2CCN(C(=O)C(C)(C)C)CC2)CC1. The molecule has 0 unspecified atom stereocenters. The van der Waals surface area contributed by atoms with Crippen molar-refractivity contribution in [3.8, 4) is 0 Å². The summed E-state index contributed by atoms with van der Waals surface area (Å²) in [6.45, 7) is 11.3.